The molecule has 1 amide bonds. The van der Waals surface area contributed by atoms with E-state index in [-0.39, 0.29) is 17.6 Å². The maximum atomic E-state index is 11.9. The fraction of sp³-hybridized carbons (Fsp3) is 0.417. The van der Waals surface area contributed by atoms with E-state index < -0.39 is 4.92 Å². The number of nitro benzene ring substituents is 1. The van der Waals surface area contributed by atoms with Crippen molar-refractivity contribution in [2.24, 2.45) is 5.73 Å². The lowest BCUT2D eigenvalue weighted by molar-refractivity contribution is -0.385. The molecule has 18 heavy (non-hydrogen) atoms. The molecular weight excluding hydrogens is 234 g/mol. The summed E-state index contributed by atoms with van der Waals surface area (Å²) < 4.78 is 0. The minimum Gasteiger partial charge on any atom is -0.350 e. The van der Waals surface area contributed by atoms with Gasteiger partial charge in [0.2, 0.25) is 0 Å². The highest BCUT2D eigenvalue weighted by atomic mass is 16.6. The topological polar surface area (TPSA) is 98.3 Å². The van der Waals surface area contributed by atoms with Crippen molar-refractivity contribution in [2.45, 2.75) is 26.3 Å². The Balaban J connectivity index is 2.86. The van der Waals surface area contributed by atoms with Crippen LogP contribution in [0.2, 0.25) is 0 Å². The molecule has 1 aromatic rings. The molecule has 0 saturated heterocycles. The third-order valence-corrected chi connectivity index (χ3v) is 2.80. The van der Waals surface area contributed by atoms with Gasteiger partial charge in [0.1, 0.15) is 0 Å². The summed E-state index contributed by atoms with van der Waals surface area (Å²) in [5, 5.41) is 13.4. The Morgan fingerprint density at radius 1 is 1.56 bits per heavy atom. The van der Waals surface area contributed by atoms with Crippen LogP contribution in [0.3, 0.4) is 0 Å². The fourth-order valence-corrected chi connectivity index (χ4v) is 1.53. The van der Waals surface area contributed by atoms with Crippen LogP contribution in [0.5, 0.6) is 0 Å². The maximum Gasteiger partial charge on any atom is 0.273 e. The fourth-order valence-electron chi connectivity index (χ4n) is 1.53. The molecule has 1 atom stereocenters. The zero-order valence-corrected chi connectivity index (χ0v) is 10.5. The summed E-state index contributed by atoms with van der Waals surface area (Å²) in [6, 6.07) is 4.34. The largest absolute Gasteiger partial charge is 0.350 e. The van der Waals surface area contributed by atoms with Crippen molar-refractivity contribution < 1.29 is 9.72 Å². The first-order valence-electron chi connectivity index (χ1n) is 5.75. The molecule has 1 rings (SSSR count). The first kappa shape index (κ1) is 14.1. The highest BCUT2D eigenvalue weighted by Crippen LogP contribution is 2.20. The lowest BCUT2D eigenvalue weighted by Gasteiger charge is -2.11. The minimum atomic E-state index is -0.496. The monoisotopic (exact) mass is 251 g/mol. The van der Waals surface area contributed by atoms with Crippen LogP contribution in [0.15, 0.2) is 18.2 Å². The van der Waals surface area contributed by atoms with E-state index in [1.54, 1.807) is 13.0 Å². The Kier molecular flexibility index (Phi) is 4.79. The van der Waals surface area contributed by atoms with Gasteiger partial charge in [-0.1, -0.05) is 13.0 Å². The first-order chi connectivity index (χ1) is 8.47. The number of nitro groups is 1. The van der Waals surface area contributed by atoms with Crippen molar-refractivity contribution in [3.8, 4) is 0 Å². The third-order valence-electron chi connectivity index (χ3n) is 2.80. The Morgan fingerprint density at radius 3 is 2.78 bits per heavy atom. The summed E-state index contributed by atoms with van der Waals surface area (Å²) in [5.74, 6) is -0.333. The number of nitrogens with one attached hydrogen (secondary N) is 1. The van der Waals surface area contributed by atoms with E-state index >= 15 is 0 Å². The molecule has 0 fully saturated rings. The standard InChI is InChI=1S/C12H17N3O3/c1-3-9(13)7-14-12(16)10-5-4-6-11(8(10)2)15(17)18/h4-6,9H,3,7,13H2,1-2H3,(H,14,16). The molecule has 0 saturated carbocycles. The molecule has 0 aromatic heterocycles. The lowest BCUT2D eigenvalue weighted by Crippen LogP contribution is -2.37. The zero-order chi connectivity index (χ0) is 13.7. The van der Waals surface area contributed by atoms with Gasteiger partial charge in [0, 0.05) is 29.8 Å². The van der Waals surface area contributed by atoms with Crippen LogP contribution in [0.1, 0.15) is 29.3 Å². The van der Waals surface area contributed by atoms with E-state index in [0.29, 0.717) is 17.7 Å². The van der Waals surface area contributed by atoms with Gasteiger partial charge in [-0.25, -0.2) is 0 Å². The van der Waals surface area contributed by atoms with Crippen molar-refractivity contribution in [2.75, 3.05) is 6.54 Å². The van der Waals surface area contributed by atoms with Crippen molar-refractivity contribution in [1.29, 1.82) is 0 Å². The van der Waals surface area contributed by atoms with Crippen molar-refractivity contribution in [3.63, 3.8) is 0 Å². The molecule has 0 radical (unpaired) electrons. The van der Waals surface area contributed by atoms with Crippen molar-refractivity contribution in [3.05, 3.63) is 39.4 Å². The van der Waals surface area contributed by atoms with Crippen LogP contribution in [0.4, 0.5) is 5.69 Å². The van der Waals surface area contributed by atoms with Gasteiger partial charge in [-0.05, 0) is 19.4 Å². The van der Waals surface area contributed by atoms with E-state index in [2.05, 4.69) is 5.32 Å². The van der Waals surface area contributed by atoms with Crippen LogP contribution in [-0.2, 0) is 0 Å². The van der Waals surface area contributed by atoms with Crippen LogP contribution in [0.25, 0.3) is 0 Å². The molecule has 0 aliphatic heterocycles. The normalized spacial score (nSPS) is 11.9. The van der Waals surface area contributed by atoms with E-state index in [1.807, 2.05) is 6.92 Å². The Labute approximate surface area is 105 Å². The number of nitrogens with two attached hydrogens (primary N) is 1. The van der Waals surface area contributed by atoms with Crippen molar-refractivity contribution in [1.82, 2.24) is 5.32 Å². The molecule has 1 unspecified atom stereocenters. The molecule has 0 heterocycles. The average molecular weight is 251 g/mol. The molecule has 0 aliphatic carbocycles. The number of hydrogen-bond donors (Lipinski definition) is 2. The number of amides is 1. The average Bonchev–Trinajstić information content (AvgIpc) is 2.35. The van der Waals surface area contributed by atoms with Gasteiger partial charge in [0.05, 0.1) is 4.92 Å². The van der Waals surface area contributed by atoms with Gasteiger partial charge in [-0.2, -0.15) is 0 Å². The smallest absolute Gasteiger partial charge is 0.273 e. The van der Waals surface area contributed by atoms with Crippen LogP contribution in [0, 0.1) is 17.0 Å². The van der Waals surface area contributed by atoms with Crippen molar-refractivity contribution >= 4 is 11.6 Å². The Morgan fingerprint density at radius 2 is 2.22 bits per heavy atom. The maximum absolute atomic E-state index is 11.9. The van der Waals surface area contributed by atoms with Crippen LogP contribution < -0.4 is 11.1 Å². The van der Waals surface area contributed by atoms with Crippen LogP contribution >= 0.6 is 0 Å². The van der Waals surface area contributed by atoms with E-state index in [9.17, 15) is 14.9 Å². The van der Waals surface area contributed by atoms with Gasteiger partial charge in [0.25, 0.3) is 11.6 Å². The summed E-state index contributed by atoms with van der Waals surface area (Å²) >= 11 is 0. The molecule has 6 nitrogen and oxygen atoms in total. The molecule has 0 spiro atoms. The predicted molar refractivity (Wildman–Crippen MR) is 68.4 cm³/mol. The quantitative estimate of drug-likeness (QED) is 0.610. The molecule has 0 bridgehead atoms. The predicted octanol–water partition coefficient (Wildman–Crippen LogP) is 1.37. The Bertz CT molecular complexity index is 460. The second kappa shape index (κ2) is 6.11. The van der Waals surface area contributed by atoms with E-state index in [1.165, 1.54) is 12.1 Å². The number of carbonyl (C=O) groups is 1. The highest BCUT2D eigenvalue weighted by molar-refractivity contribution is 5.96. The molecule has 98 valence electrons. The number of benzene rings is 1. The van der Waals surface area contributed by atoms with E-state index in [4.69, 9.17) is 5.73 Å². The third kappa shape index (κ3) is 3.27. The zero-order valence-electron chi connectivity index (χ0n) is 10.5. The first-order valence-corrected chi connectivity index (χ1v) is 5.75. The SMILES string of the molecule is CCC(N)CNC(=O)c1cccc([N+](=O)[O-])c1C. The minimum absolute atomic E-state index is 0.0533. The Hall–Kier alpha value is -1.95. The number of rotatable bonds is 5. The van der Waals surface area contributed by atoms with Gasteiger partial charge < -0.3 is 11.1 Å². The van der Waals surface area contributed by atoms with Gasteiger partial charge in [0.15, 0.2) is 0 Å². The molecule has 6 heteroatoms. The molecule has 0 aliphatic rings. The summed E-state index contributed by atoms with van der Waals surface area (Å²) in [6.45, 7) is 3.85. The molecule has 1 aromatic carbocycles. The number of nitrogens with zero attached hydrogens (tertiary/aromatic N) is 1. The second-order valence-electron chi connectivity index (χ2n) is 4.09. The summed E-state index contributed by atoms with van der Waals surface area (Å²) in [7, 11) is 0. The van der Waals surface area contributed by atoms with E-state index in [0.717, 1.165) is 6.42 Å². The second-order valence-corrected chi connectivity index (χ2v) is 4.09. The number of carbonyl (C=O) groups excluding carboxylic acids is 1. The number of hydrogen-bond acceptors (Lipinski definition) is 4. The highest BCUT2D eigenvalue weighted by Gasteiger charge is 2.17. The summed E-state index contributed by atoms with van der Waals surface area (Å²) in [6.07, 6.45) is 0.758. The lowest BCUT2D eigenvalue weighted by atomic mass is 10.1. The van der Waals surface area contributed by atoms with Gasteiger partial charge in [-0.15, -0.1) is 0 Å². The summed E-state index contributed by atoms with van der Waals surface area (Å²) in [5.41, 5.74) is 6.32. The summed E-state index contributed by atoms with van der Waals surface area (Å²) in [4.78, 5) is 22.1. The molecular formula is C12H17N3O3. The van der Waals surface area contributed by atoms with Crippen LogP contribution in [-0.4, -0.2) is 23.4 Å². The molecule has 3 N–H and O–H groups in total. The van der Waals surface area contributed by atoms with Gasteiger partial charge in [-0.3, -0.25) is 14.9 Å². The van der Waals surface area contributed by atoms with Gasteiger partial charge >= 0.3 is 0 Å².